The van der Waals surface area contributed by atoms with Crippen molar-refractivity contribution >= 4 is 10.0 Å². The van der Waals surface area contributed by atoms with Gasteiger partial charge >= 0.3 is 0 Å². The zero-order valence-corrected chi connectivity index (χ0v) is 14.2. The number of hydrogen-bond donors (Lipinski definition) is 1. The van der Waals surface area contributed by atoms with Gasteiger partial charge in [-0.1, -0.05) is 13.8 Å². The standard InChI is InChI=1S/C15H27N3O2S/c1-5-17-10-15(7-14(17)8-16)21(19,20)18-9-11(2)6-12(3)13(18)4/h7,10-13H,5-6,8-9,16H2,1-4H3. The van der Waals surface area contributed by atoms with Gasteiger partial charge in [-0.25, -0.2) is 8.42 Å². The predicted molar refractivity (Wildman–Crippen MR) is 84.3 cm³/mol. The van der Waals surface area contributed by atoms with Crippen LogP contribution in [0.2, 0.25) is 0 Å². The highest BCUT2D eigenvalue weighted by Crippen LogP contribution is 2.32. The first-order valence-electron chi connectivity index (χ1n) is 7.72. The van der Waals surface area contributed by atoms with Gasteiger partial charge in [-0.2, -0.15) is 4.31 Å². The molecule has 1 aliphatic heterocycles. The van der Waals surface area contributed by atoms with E-state index >= 15 is 0 Å². The van der Waals surface area contributed by atoms with Crippen LogP contribution in [0.1, 0.15) is 39.8 Å². The molecule has 0 spiro atoms. The molecule has 1 saturated heterocycles. The van der Waals surface area contributed by atoms with Gasteiger partial charge in [0, 0.05) is 37.6 Å². The molecule has 2 rings (SSSR count). The molecule has 0 saturated carbocycles. The van der Waals surface area contributed by atoms with Gasteiger partial charge in [0.05, 0.1) is 0 Å². The van der Waals surface area contributed by atoms with Gasteiger partial charge in [0.2, 0.25) is 10.0 Å². The molecule has 6 heteroatoms. The Kier molecular flexibility index (Phi) is 4.80. The molecule has 3 unspecified atom stereocenters. The van der Waals surface area contributed by atoms with Crippen molar-refractivity contribution in [1.82, 2.24) is 8.87 Å². The molecule has 0 radical (unpaired) electrons. The Morgan fingerprint density at radius 2 is 2.00 bits per heavy atom. The van der Waals surface area contributed by atoms with Gasteiger partial charge in [0.15, 0.2) is 0 Å². The van der Waals surface area contributed by atoms with Gasteiger partial charge < -0.3 is 10.3 Å². The van der Waals surface area contributed by atoms with E-state index in [2.05, 4.69) is 13.8 Å². The number of nitrogens with two attached hydrogens (primary N) is 1. The van der Waals surface area contributed by atoms with Gasteiger partial charge in [-0.3, -0.25) is 0 Å². The number of nitrogens with zero attached hydrogens (tertiary/aromatic N) is 2. The topological polar surface area (TPSA) is 68.3 Å². The lowest BCUT2D eigenvalue weighted by Crippen LogP contribution is -2.48. The van der Waals surface area contributed by atoms with Gasteiger partial charge in [-0.15, -0.1) is 0 Å². The Hall–Kier alpha value is -0.850. The normalized spacial score (nSPS) is 28.0. The summed E-state index contributed by atoms with van der Waals surface area (Å²) in [6, 6.07) is 1.76. The fraction of sp³-hybridized carbons (Fsp3) is 0.733. The summed E-state index contributed by atoms with van der Waals surface area (Å²) >= 11 is 0. The van der Waals surface area contributed by atoms with Crippen LogP contribution in [0.3, 0.4) is 0 Å². The minimum absolute atomic E-state index is 0.0394. The van der Waals surface area contributed by atoms with Crippen molar-refractivity contribution in [2.45, 2.75) is 58.1 Å². The summed E-state index contributed by atoms with van der Waals surface area (Å²) in [5.41, 5.74) is 6.57. The zero-order chi connectivity index (χ0) is 15.8. The van der Waals surface area contributed by atoms with E-state index in [-0.39, 0.29) is 6.04 Å². The Labute approximate surface area is 128 Å². The first-order valence-corrected chi connectivity index (χ1v) is 9.16. The average Bonchev–Trinajstić information content (AvgIpc) is 2.86. The Balaban J connectivity index is 2.39. The van der Waals surface area contributed by atoms with Gasteiger partial charge in [0.25, 0.3) is 0 Å². The Morgan fingerprint density at radius 1 is 1.33 bits per heavy atom. The summed E-state index contributed by atoms with van der Waals surface area (Å²) < 4.78 is 29.5. The van der Waals surface area contributed by atoms with Crippen LogP contribution in [0.5, 0.6) is 0 Å². The third kappa shape index (κ3) is 3.03. The van der Waals surface area contributed by atoms with Crippen molar-refractivity contribution in [1.29, 1.82) is 0 Å². The summed E-state index contributed by atoms with van der Waals surface area (Å²) in [7, 11) is -3.44. The average molecular weight is 313 g/mol. The highest BCUT2D eigenvalue weighted by molar-refractivity contribution is 7.89. The SMILES string of the molecule is CCn1cc(S(=O)(=O)N2CC(C)CC(C)C2C)cc1CN. The number of sulfonamides is 1. The van der Waals surface area contributed by atoms with E-state index in [4.69, 9.17) is 5.73 Å². The highest BCUT2D eigenvalue weighted by atomic mass is 32.2. The van der Waals surface area contributed by atoms with Crippen LogP contribution in [-0.4, -0.2) is 29.9 Å². The second-order valence-electron chi connectivity index (χ2n) is 6.29. The van der Waals surface area contributed by atoms with Crippen LogP contribution in [0.15, 0.2) is 17.2 Å². The van der Waals surface area contributed by atoms with Crippen molar-refractivity contribution in [3.63, 3.8) is 0 Å². The third-order valence-electron chi connectivity index (χ3n) is 4.66. The van der Waals surface area contributed by atoms with E-state index in [1.165, 1.54) is 0 Å². The maximum absolute atomic E-state index is 13.0. The molecule has 0 aromatic carbocycles. The fourth-order valence-corrected chi connectivity index (χ4v) is 5.16. The maximum Gasteiger partial charge on any atom is 0.244 e. The van der Waals surface area contributed by atoms with Gasteiger partial charge in [0.1, 0.15) is 4.90 Å². The minimum Gasteiger partial charge on any atom is -0.349 e. The van der Waals surface area contributed by atoms with Crippen LogP contribution >= 0.6 is 0 Å². The molecule has 120 valence electrons. The minimum atomic E-state index is -3.44. The first kappa shape index (κ1) is 16.5. The van der Waals surface area contributed by atoms with Crippen molar-refractivity contribution in [3.05, 3.63) is 18.0 Å². The van der Waals surface area contributed by atoms with E-state index in [0.29, 0.717) is 29.8 Å². The third-order valence-corrected chi connectivity index (χ3v) is 6.58. The summed E-state index contributed by atoms with van der Waals surface area (Å²) in [4.78, 5) is 0.373. The summed E-state index contributed by atoms with van der Waals surface area (Å²) in [6.45, 7) is 9.93. The number of piperidine rings is 1. The number of rotatable bonds is 4. The molecule has 1 fully saturated rings. The Morgan fingerprint density at radius 3 is 2.52 bits per heavy atom. The monoisotopic (exact) mass is 313 g/mol. The molecule has 2 N–H and O–H groups in total. The Bertz CT molecular complexity index is 573. The molecular weight excluding hydrogens is 286 g/mol. The van der Waals surface area contributed by atoms with E-state index in [1.807, 2.05) is 18.4 Å². The molecule has 3 atom stereocenters. The van der Waals surface area contributed by atoms with E-state index in [0.717, 1.165) is 18.7 Å². The second kappa shape index (κ2) is 6.10. The van der Waals surface area contributed by atoms with Crippen LogP contribution in [0.4, 0.5) is 0 Å². The lowest BCUT2D eigenvalue weighted by atomic mass is 9.88. The first-order chi connectivity index (χ1) is 9.81. The van der Waals surface area contributed by atoms with E-state index < -0.39 is 10.0 Å². The molecule has 0 bridgehead atoms. The quantitative estimate of drug-likeness (QED) is 0.924. The molecule has 2 heterocycles. The number of aryl methyl sites for hydroxylation is 1. The molecule has 5 nitrogen and oxygen atoms in total. The maximum atomic E-state index is 13.0. The van der Waals surface area contributed by atoms with Crippen molar-refractivity contribution in [2.75, 3.05) is 6.54 Å². The number of aromatic nitrogens is 1. The van der Waals surface area contributed by atoms with Gasteiger partial charge in [-0.05, 0) is 38.2 Å². The van der Waals surface area contributed by atoms with Crippen LogP contribution in [0.25, 0.3) is 0 Å². The summed E-state index contributed by atoms with van der Waals surface area (Å²) in [6.07, 6.45) is 2.80. The molecule has 1 aliphatic rings. The zero-order valence-electron chi connectivity index (χ0n) is 13.4. The molecule has 0 aliphatic carbocycles. The fourth-order valence-electron chi connectivity index (χ4n) is 3.25. The second-order valence-corrected chi connectivity index (χ2v) is 8.18. The van der Waals surface area contributed by atoms with Crippen LogP contribution in [0, 0.1) is 11.8 Å². The predicted octanol–water partition coefficient (Wildman–Crippen LogP) is 2.02. The van der Waals surface area contributed by atoms with Crippen LogP contribution in [-0.2, 0) is 23.1 Å². The largest absolute Gasteiger partial charge is 0.349 e. The highest BCUT2D eigenvalue weighted by Gasteiger charge is 2.37. The molecule has 0 amide bonds. The van der Waals surface area contributed by atoms with Crippen LogP contribution < -0.4 is 5.73 Å². The summed E-state index contributed by atoms with van der Waals surface area (Å²) in [5, 5.41) is 0. The lowest BCUT2D eigenvalue weighted by Gasteiger charge is -2.39. The van der Waals surface area contributed by atoms with E-state index in [9.17, 15) is 8.42 Å². The van der Waals surface area contributed by atoms with Crippen molar-refractivity contribution in [3.8, 4) is 0 Å². The smallest absolute Gasteiger partial charge is 0.244 e. The lowest BCUT2D eigenvalue weighted by molar-refractivity contribution is 0.157. The molecule has 1 aromatic heterocycles. The molecular formula is C15H27N3O2S. The van der Waals surface area contributed by atoms with E-state index in [1.54, 1.807) is 16.6 Å². The van der Waals surface area contributed by atoms with Crippen molar-refractivity contribution < 1.29 is 8.42 Å². The molecule has 21 heavy (non-hydrogen) atoms. The number of hydrogen-bond acceptors (Lipinski definition) is 3. The van der Waals surface area contributed by atoms with Crippen molar-refractivity contribution in [2.24, 2.45) is 17.6 Å². The summed E-state index contributed by atoms with van der Waals surface area (Å²) in [5.74, 6) is 0.777. The molecule has 1 aromatic rings.